The standard InChI is InChI=1S/C21H17BrN4O2/c1-14-5-2-3-6-17(14)23-19(27)13-26-12-4-7-18(26)21-24-20(25-28-21)15-8-10-16(22)11-9-15/h2-12H,13H2,1H3,(H,23,27). The van der Waals surface area contributed by atoms with Gasteiger partial charge in [-0.25, -0.2) is 0 Å². The fourth-order valence-electron chi connectivity index (χ4n) is 2.85. The third kappa shape index (κ3) is 3.89. The number of amides is 1. The number of anilines is 1. The van der Waals surface area contributed by atoms with Crippen molar-refractivity contribution < 1.29 is 9.32 Å². The van der Waals surface area contributed by atoms with Gasteiger partial charge in [-0.2, -0.15) is 4.98 Å². The number of carbonyl (C=O) groups excluding carboxylic acids is 1. The van der Waals surface area contributed by atoms with E-state index in [0.29, 0.717) is 17.4 Å². The Labute approximate surface area is 170 Å². The minimum absolute atomic E-state index is 0.126. The number of benzene rings is 2. The van der Waals surface area contributed by atoms with Gasteiger partial charge in [-0.05, 0) is 55.0 Å². The predicted octanol–water partition coefficient (Wildman–Crippen LogP) is 4.91. The second-order valence-electron chi connectivity index (χ2n) is 6.31. The number of rotatable bonds is 5. The van der Waals surface area contributed by atoms with E-state index in [0.717, 1.165) is 21.3 Å². The number of aryl methyl sites for hydroxylation is 1. The van der Waals surface area contributed by atoms with Crippen molar-refractivity contribution in [1.82, 2.24) is 14.7 Å². The van der Waals surface area contributed by atoms with Crippen LogP contribution in [0.2, 0.25) is 0 Å². The molecule has 0 aliphatic heterocycles. The van der Waals surface area contributed by atoms with Crippen LogP contribution in [0, 0.1) is 6.92 Å². The van der Waals surface area contributed by atoms with E-state index in [9.17, 15) is 4.79 Å². The fourth-order valence-corrected chi connectivity index (χ4v) is 3.11. The molecule has 0 fully saturated rings. The highest BCUT2D eigenvalue weighted by molar-refractivity contribution is 9.10. The van der Waals surface area contributed by atoms with Gasteiger partial charge >= 0.3 is 0 Å². The number of hydrogen-bond donors (Lipinski definition) is 1. The van der Waals surface area contributed by atoms with Gasteiger partial charge in [0.25, 0.3) is 5.89 Å². The molecule has 0 saturated heterocycles. The monoisotopic (exact) mass is 436 g/mol. The normalized spacial score (nSPS) is 10.8. The maximum Gasteiger partial charge on any atom is 0.274 e. The lowest BCUT2D eigenvalue weighted by molar-refractivity contribution is -0.116. The molecule has 28 heavy (non-hydrogen) atoms. The number of hydrogen-bond acceptors (Lipinski definition) is 4. The maximum atomic E-state index is 12.5. The highest BCUT2D eigenvalue weighted by Gasteiger charge is 2.15. The summed E-state index contributed by atoms with van der Waals surface area (Å²) in [6.45, 7) is 2.10. The van der Waals surface area contributed by atoms with Gasteiger partial charge in [0.1, 0.15) is 12.2 Å². The summed E-state index contributed by atoms with van der Waals surface area (Å²) in [5, 5.41) is 6.99. The van der Waals surface area contributed by atoms with Gasteiger partial charge in [0, 0.05) is 21.9 Å². The van der Waals surface area contributed by atoms with Crippen LogP contribution in [-0.4, -0.2) is 20.6 Å². The zero-order chi connectivity index (χ0) is 19.5. The Balaban J connectivity index is 1.52. The van der Waals surface area contributed by atoms with Gasteiger partial charge in [-0.3, -0.25) is 4.79 Å². The summed E-state index contributed by atoms with van der Waals surface area (Å²) in [4.78, 5) is 16.9. The van der Waals surface area contributed by atoms with Gasteiger partial charge in [-0.15, -0.1) is 0 Å². The van der Waals surface area contributed by atoms with Crippen molar-refractivity contribution in [2.75, 3.05) is 5.32 Å². The van der Waals surface area contributed by atoms with E-state index in [2.05, 4.69) is 31.4 Å². The molecule has 7 heteroatoms. The molecule has 0 spiro atoms. The summed E-state index contributed by atoms with van der Waals surface area (Å²) < 4.78 is 8.19. The van der Waals surface area contributed by atoms with E-state index >= 15 is 0 Å². The molecule has 0 aliphatic carbocycles. The zero-order valence-electron chi connectivity index (χ0n) is 15.1. The Morgan fingerprint density at radius 1 is 1.11 bits per heavy atom. The van der Waals surface area contributed by atoms with Crippen LogP contribution in [0.4, 0.5) is 5.69 Å². The van der Waals surface area contributed by atoms with E-state index in [1.54, 1.807) is 4.57 Å². The van der Waals surface area contributed by atoms with Crippen molar-refractivity contribution in [3.05, 3.63) is 76.9 Å². The summed E-state index contributed by atoms with van der Waals surface area (Å²) in [6, 6.07) is 19.0. The van der Waals surface area contributed by atoms with Crippen molar-refractivity contribution in [1.29, 1.82) is 0 Å². The summed E-state index contributed by atoms with van der Waals surface area (Å²) in [5.41, 5.74) is 3.36. The first-order valence-electron chi connectivity index (χ1n) is 8.71. The molecule has 1 N–H and O–H groups in total. The van der Waals surface area contributed by atoms with Crippen molar-refractivity contribution in [2.45, 2.75) is 13.5 Å². The number of para-hydroxylation sites is 1. The molecule has 0 bridgehead atoms. The molecular formula is C21H17BrN4O2. The highest BCUT2D eigenvalue weighted by Crippen LogP contribution is 2.24. The molecule has 0 aliphatic rings. The third-order valence-electron chi connectivity index (χ3n) is 4.31. The van der Waals surface area contributed by atoms with Crippen LogP contribution in [0.3, 0.4) is 0 Å². The number of halogens is 1. The first-order valence-corrected chi connectivity index (χ1v) is 9.50. The number of nitrogens with zero attached hydrogens (tertiary/aromatic N) is 3. The minimum atomic E-state index is -0.126. The molecule has 0 radical (unpaired) electrons. The molecular weight excluding hydrogens is 420 g/mol. The number of nitrogens with one attached hydrogen (secondary N) is 1. The average molecular weight is 437 g/mol. The molecule has 2 aromatic heterocycles. The highest BCUT2D eigenvalue weighted by atomic mass is 79.9. The smallest absolute Gasteiger partial charge is 0.274 e. The second-order valence-corrected chi connectivity index (χ2v) is 7.23. The number of carbonyl (C=O) groups is 1. The fraction of sp³-hybridized carbons (Fsp3) is 0.0952. The molecule has 0 atom stereocenters. The first kappa shape index (κ1) is 18.2. The largest absolute Gasteiger partial charge is 0.334 e. The van der Waals surface area contributed by atoms with Gasteiger partial charge < -0.3 is 14.4 Å². The summed E-state index contributed by atoms with van der Waals surface area (Å²) in [5.74, 6) is 0.741. The van der Waals surface area contributed by atoms with E-state index in [4.69, 9.17) is 4.52 Å². The van der Waals surface area contributed by atoms with E-state index in [-0.39, 0.29) is 12.5 Å². The molecule has 2 heterocycles. The van der Waals surface area contributed by atoms with E-state index in [1.807, 2.05) is 73.8 Å². The minimum Gasteiger partial charge on any atom is -0.334 e. The number of aromatic nitrogens is 3. The summed E-state index contributed by atoms with van der Waals surface area (Å²) in [6.07, 6.45) is 1.82. The Morgan fingerprint density at radius 2 is 1.89 bits per heavy atom. The molecule has 2 aromatic carbocycles. The topological polar surface area (TPSA) is 73.0 Å². The quantitative estimate of drug-likeness (QED) is 0.481. The van der Waals surface area contributed by atoms with Gasteiger partial charge in [0.2, 0.25) is 11.7 Å². The Kier molecular flexibility index (Phi) is 5.08. The lowest BCUT2D eigenvalue weighted by atomic mass is 10.2. The molecule has 6 nitrogen and oxygen atoms in total. The van der Waals surface area contributed by atoms with Crippen LogP contribution < -0.4 is 5.32 Å². The van der Waals surface area contributed by atoms with Gasteiger partial charge in [-0.1, -0.05) is 39.3 Å². The first-order chi connectivity index (χ1) is 13.6. The Morgan fingerprint density at radius 3 is 2.68 bits per heavy atom. The molecule has 4 aromatic rings. The van der Waals surface area contributed by atoms with Crippen LogP contribution in [0.25, 0.3) is 23.0 Å². The third-order valence-corrected chi connectivity index (χ3v) is 4.84. The molecule has 0 unspecified atom stereocenters. The van der Waals surface area contributed by atoms with Crippen LogP contribution >= 0.6 is 15.9 Å². The van der Waals surface area contributed by atoms with Gasteiger partial charge in [0.05, 0.1) is 0 Å². The van der Waals surface area contributed by atoms with Crippen LogP contribution in [0.15, 0.2) is 75.9 Å². The van der Waals surface area contributed by atoms with Crippen molar-refractivity contribution >= 4 is 27.5 Å². The van der Waals surface area contributed by atoms with Crippen molar-refractivity contribution in [3.63, 3.8) is 0 Å². The predicted molar refractivity (Wildman–Crippen MR) is 111 cm³/mol. The average Bonchev–Trinajstić information content (AvgIpc) is 3.33. The van der Waals surface area contributed by atoms with Crippen LogP contribution in [-0.2, 0) is 11.3 Å². The molecule has 1 amide bonds. The summed E-state index contributed by atoms with van der Waals surface area (Å²) >= 11 is 3.41. The molecule has 4 rings (SSSR count). The molecule has 0 saturated carbocycles. The van der Waals surface area contributed by atoms with Crippen LogP contribution in [0.5, 0.6) is 0 Å². The van der Waals surface area contributed by atoms with Crippen LogP contribution in [0.1, 0.15) is 5.56 Å². The Hall–Kier alpha value is -3.19. The lowest BCUT2D eigenvalue weighted by Gasteiger charge is -2.10. The lowest BCUT2D eigenvalue weighted by Crippen LogP contribution is -2.19. The second kappa shape index (κ2) is 7.82. The van der Waals surface area contributed by atoms with Crippen molar-refractivity contribution in [3.8, 4) is 23.0 Å². The zero-order valence-corrected chi connectivity index (χ0v) is 16.7. The molecule has 140 valence electrons. The maximum absolute atomic E-state index is 12.5. The van der Waals surface area contributed by atoms with E-state index in [1.165, 1.54) is 0 Å². The summed E-state index contributed by atoms with van der Waals surface area (Å²) in [7, 11) is 0. The SMILES string of the molecule is Cc1ccccc1NC(=O)Cn1cccc1-c1nc(-c2ccc(Br)cc2)no1. The van der Waals surface area contributed by atoms with Crippen molar-refractivity contribution in [2.24, 2.45) is 0 Å². The van der Waals surface area contributed by atoms with Gasteiger partial charge in [0.15, 0.2) is 0 Å². The van der Waals surface area contributed by atoms with E-state index < -0.39 is 0 Å². The Bertz CT molecular complexity index is 1120.